The number of primary amides is 1. The smallest absolute Gasteiger partial charge is 0.368 e. The van der Waals surface area contributed by atoms with Crippen LogP contribution in [0.15, 0.2) is 0 Å². The third kappa shape index (κ3) is 24.1. The molecule has 26 heavy (non-hydrogen) atoms. The molecular formula is C15H29F3N4O4. The Kier molecular flexibility index (Phi) is 21.1. The first-order valence-electron chi connectivity index (χ1n) is 8.13. The second-order valence-corrected chi connectivity index (χ2v) is 4.54. The van der Waals surface area contributed by atoms with Gasteiger partial charge in [0.25, 0.3) is 0 Å². The molecule has 154 valence electrons. The van der Waals surface area contributed by atoms with Gasteiger partial charge in [0, 0.05) is 13.0 Å². The van der Waals surface area contributed by atoms with Crippen molar-refractivity contribution in [2.75, 3.05) is 26.7 Å². The molecule has 0 rings (SSSR count). The van der Waals surface area contributed by atoms with Gasteiger partial charge in [-0.05, 0) is 19.9 Å². The van der Waals surface area contributed by atoms with E-state index in [0.717, 1.165) is 6.29 Å². The van der Waals surface area contributed by atoms with Crippen molar-refractivity contribution >= 4 is 24.0 Å². The van der Waals surface area contributed by atoms with Crippen molar-refractivity contribution in [3.8, 4) is 0 Å². The minimum Gasteiger partial charge on any atom is -0.368 e. The second-order valence-electron chi connectivity index (χ2n) is 4.54. The molecule has 11 heteroatoms. The standard InChI is InChI=1S/C8H12F3NO2.C5H11N3O2.C2H6/c9-8(10,11)7(14)12-5-3-1-2-4-6-13;1-7-3-5(10)8-2-4(6)9;1-2/h6H,1-5H2,(H,12,14);7H,2-3H2,1H3,(H2,6,9)(H,8,10);1-2H3. The molecule has 0 atom stereocenters. The number of alkyl halides is 3. The molecule has 0 aliphatic carbocycles. The van der Waals surface area contributed by atoms with Crippen LogP contribution >= 0.6 is 0 Å². The van der Waals surface area contributed by atoms with Crippen molar-refractivity contribution in [2.45, 2.75) is 45.7 Å². The summed E-state index contributed by atoms with van der Waals surface area (Å²) >= 11 is 0. The molecule has 0 saturated carbocycles. The van der Waals surface area contributed by atoms with Gasteiger partial charge in [0.05, 0.1) is 13.1 Å². The van der Waals surface area contributed by atoms with Crippen molar-refractivity contribution in [2.24, 2.45) is 5.73 Å². The molecule has 0 aromatic heterocycles. The van der Waals surface area contributed by atoms with Crippen LogP contribution in [0.4, 0.5) is 13.2 Å². The highest BCUT2D eigenvalue weighted by Gasteiger charge is 2.38. The van der Waals surface area contributed by atoms with E-state index in [1.54, 1.807) is 12.4 Å². The molecule has 0 fully saturated rings. The number of hydrogen-bond donors (Lipinski definition) is 4. The summed E-state index contributed by atoms with van der Waals surface area (Å²) in [6, 6.07) is 0. The summed E-state index contributed by atoms with van der Waals surface area (Å²) in [4.78, 5) is 40.8. The lowest BCUT2D eigenvalue weighted by Gasteiger charge is -2.06. The zero-order valence-corrected chi connectivity index (χ0v) is 15.4. The van der Waals surface area contributed by atoms with Crippen molar-refractivity contribution in [3.05, 3.63) is 0 Å². The number of nitrogens with two attached hydrogens (primary N) is 1. The van der Waals surface area contributed by atoms with Gasteiger partial charge in [-0.3, -0.25) is 14.4 Å². The van der Waals surface area contributed by atoms with E-state index in [1.165, 1.54) is 0 Å². The number of nitrogens with one attached hydrogen (secondary N) is 3. The molecule has 0 bridgehead atoms. The lowest BCUT2D eigenvalue weighted by atomic mass is 10.2. The SMILES string of the molecule is CC.CNCC(=O)NCC(N)=O.O=CCCCCCNC(=O)C(F)(F)F. The van der Waals surface area contributed by atoms with Crippen molar-refractivity contribution in [1.82, 2.24) is 16.0 Å². The van der Waals surface area contributed by atoms with Crippen LogP contribution in [-0.4, -0.2) is 56.9 Å². The summed E-state index contributed by atoms with van der Waals surface area (Å²) in [7, 11) is 1.64. The Morgan fingerprint density at radius 3 is 2.00 bits per heavy atom. The fraction of sp³-hybridized carbons (Fsp3) is 0.733. The van der Waals surface area contributed by atoms with Gasteiger partial charge in [-0.2, -0.15) is 13.2 Å². The second kappa shape index (κ2) is 19.2. The van der Waals surface area contributed by atoms with E-state index < -0.39 is 18.0 Å². The highest BCUT2D eigenvalue weighted by Crippen LogP contribution is 2.13. The van der Waals surface area contributed by atoms with Gasteiger partial charge < -0.3 is 26.5 Å². The van der Waals surface area contributed by atoms with Gasteiger partial charge in [0.15, 0.2) is 0 Å². The monoisotopic (exact) mass is 386 g/mol. The number of rotatable bonds is 10. The summed E-state index contributed by atoms with van der Waals surface area (Å²) < 4.78 is 34.9. The van der Waals surface area contributed by atoms with Gasteiger partial charge in [0.1, 0.15) is 6.29 Å². The summed E-state index contributed by atoms with van der Waals surface area (Å²) in [6.07, 6.45) is -1.90. The lowest BCUT2D eigenvalue weighted by Crippen LogP contribution is -2.37. The Labute approximate surface area is 151 Å². The minimum absolute atomic E-state index is 0.00278. The fourth-order valence-electron chi connectivity index (χ4n) is 1.24. The van der Waals surface area contributed by atoms with Gasteiger partial charge in [-0.1, -0.05) is 20.3 Å². The van der Waals surface area contributed by atoms with E-state index in [0.29, 0.717) is 25.7 Å². The van der Waals surface area contributed by atoms with Crippen LogP contribution in [0.5, 0.6) is 0 Å². The van der Waals surface area contributed by atoms with E-state index in [2.05, 4.69) is 10.6 Å². The molecule has 0 aliphatic heterocycles. The zero-order valence-electron chi connectivity index (χ0n) is 15.4. The molecule has 0 spiro atoms. The van der Waals surface area contributed by atoms with Crippen LogP contribution < -0.4 is 21.7 Å². The van der Waals surface area contributed by atoms with Crippen LogP contribution in [0.2, 0.25) is 0 Å². The van der Waals surface area contributed by atoms with Crippen molar-refractivity contribution in [1.29, 1.82) is 0 Å². The summed E-state index contributed by atoms with van der Waals surface area (Å²) in [5, 5.41) is 6.68. The fourth-order valence-corrected chi connectivity index (χ4v) is 1.24. The van der Waals surface area contributed by atoms with Crippen LogP contribution in [-0.2, 0) is 19.2 Å². The van der Waals surface area contributed by atoms with Crippen LogP contribution in [0, 0.1) is 0 Å². The van der Waals surface area contributed by atoms with Gasteiger partial charge in [-0.25, -0.2) is 0 Å². The van der Waals surface area contributed by atoms with Crippen molar-refractivity contribution < 1.29 is 32.3 Å². The lowest BCUT2D eigenvalue weighted by molar-refractivity contribution is -0.173. The predicted octanol–water partition coefficient (Wildman–Crippen LogP) is 0.258. The van der Waals surface area contributed by atoms with Crippen LogP contribution in [0.25, 0.3) is 0 Å². The molecule has 0 aromatic rings. The average molecular weight is 386 g/mol. The molecule has 0 unspecified atom stereocenters. The molecular weight excluding hydrogens is 357 g/mol. The molecule has 5 N–H and O–H groups in total. The van der Waals surface area contributed by atoms with Gasteiger partial charge >= 0.3 is 12.1 Å². The number of halogens is 3. The number of amides is 3. The molecule has 0 aliphatic rings. The third-order valence-electron chi connectivity index (χ3n) is 2.34. The highest BCUT2D eigenvalue weighted by atomic mass is 19.4. The maximum absolute atomic E-state index is 11.6. The van der Waals surface area contributed by atoms with E-state index in [9.17, 15) is 32.3 Å². The number of carbonyl (C=O) groups excluding carboxylic acids is 4. The molecule has 0 aromatic carbocycles. The Bertz CT molecular complexity index is 405. The number of carbonyl (C=O) groups is 4. The summed E-state index contributed by atoms with van der Waals surface area (Å²) in [6.45, 7) is 4.10. The largest absolute Gasteiger partial charge is 0.471 e. The number of aldehydes is 1. The van der Waals surface area contributed by atoms with E-state index in [4.69, 9.17) is 5.73 Å². The Morgan fingerprint density at radius 1 is 1.00 bits per heavy atom. The normalized spacial score (nSPS) is 9.62. The maximum Gasteiger partial charge on any atom is 0.471 e. The highest BCUT2D eigenvalue weighted by molar-refractivity contribution is 5.84. The zero-order chi connectivity index (χ0) is 21.0. The summed E-state index contributed by atoms with van der Waals surface area (Å²) in [5.41, 5.74) is 4.76. The molecule has 0 saturated heterocycles. The summed E-state index contributed by atoms with van der Waals surface area (Å²) in [5.74, 6) is -2.68. The molecule has 0 heterocycles. The Hall–Kier alpha value is -2.17. The Morgan fingerprint density at radius 2 is 1.58 bits per heavy atom. The molecule has 0 radical (unpaired) electrons. The number of likely N-dealkylation sites (N-methyl/N-ethyl adjacent to an activating group) is 1. The molecule has 8 nitrogen and oxygen atoms in total. The third-order valence-corrected chi connectivity index (χ3v) is 2.34. The first kappa shape index (κ1) is 28.6. The van der Waals surface area contributed by atoms with Crippen LogP contribution in [0.3, 0.4) is 0 Å². The maximum atomic E-state index is 11.6. The quantitative estimate of drug-likeness (QED) is 0.316. The van der Waals surface area contributed by atoms with E-state index in [-0.39, 0.29) is 25.5 Å². The van der Waals surface area contributed by atoms with Gasteiger partial charge in [-0.15, -0.1) is 0 Å². The van der Waals surface area contributed by atoms with Crippen LogP contribution in [0.1, 0.15) is 39.5 Å². The van der Waals surface area contributed by atoms with Crippen molar-refractivity contribution in [3.63, 3.8) is 0 Å². The first-order chi connectivity index (χ1) is 12.1. The number of unbranched alkanes of at least 4 members (excludes halogenated alkanes) is 3. The minimum atomic E-state index is -4.80. The van der Waals surface area contributed by atoms with E-state index in [1.807, 2.05) is 13.8 Å². The topological polar surface area (TPSA) is 130 Å². The van der Waals surface area contributed by atoms with E-state index >= 15 is 0 Å². The number of hydrogen-bond acceptors (Lipinski definition) is 5. The molecule has 3 amide bonds. The predicted molar refractivity (Wildman–Crippen MR) is 91.1 cm³/mol. The first-order valence-corrected chi connectivity index (χ1v) is 8.13. The average Bonchev–Trinajstić information content (AvgIpc) is 2.58. The van der Waals surface area contributed by atoms with Gasteiger partial charge in [0.2, 0.25) is 11.8 Å². The Balaban J connectivity index is -0.000000388.